The fourth-order valence-corrected chi connectivity index (χ4v) is 3.82. The molecule has 1 saturated carbocycles. The van der Waals surface area contributed by atoms with Gasteiger partial charge in [-0.3, -0.25) is 0 Å². The second kappa shape index (κ2) is 9.82. The number of nitrogens with one attached hydrogen (secondary N) is 1. The second-order valence-corrected chi connectivity index (χ2v) is 8.01. The smallest absolute Gasteiger partial charge is 0.00178 e. The maximum atomic E-state index is 3.72. The summed E-state index contributed by atoms with van der Waals surface area (Å²) >= 11 is 0. The Kier molecular flexibility index (Phi) is 8.84. The van der Waals surface area contributed by atoms with Gasteiger partial charge in [-0.2, -0.15) is 0 Å². The Morgan fingerprint density at radius 3 is 2.30 bits per heavy atom. The molecule has 0 aromatic heterocycles. The molecule has 0 spiro atoms. The lowest BCUT2D eigenvalue weighted by Crippen LogP contribution is -2.34. The van der Waals surface area contributed by atoms with Crippen LogP contribution in [0.4, 0.5) is 0 Å². The van der Waals surface area contributed by atoms with Crippen LogP contribution in [0.3, 0.4) is 0 Å². The van der Waals surface area contributed by atoms with Crippen LogP contribution in [0, 0.1) is 29.6 Å². The first-order valence-corrected chi connectivity index (χ1v) is 9.23. The van der Waals surface area contributed by atoms with Gasteiger partial charge in [0.1, 0.15) is 0 Å². The van der Waals surface area contributed by atoms with E-state index in [-0.39, 0.29) is 0 Å². The normalized spacial score (nSPS) is 27.4. The third-order valence-corrected chi connectivity index (χ3v) is 5.02. The summed E-state index contributed by atoms with van der Waals surface area (Å²) in [5.74, 6) is 4.60. The molecule has 0 aliphatic heterocycles. The van der Waals surface area contributed by atoms with Gasteiger partial charge in [-0.05, 0) is 61.9 Å². The summed E-state index contributed by atoms with van der Waals surface area (Å²) in [5, 5.41) is 3.72. The van der Waals surface area contributed by atoms with Gasteiger partial charge in [0.2, 0.25) is 0 Å². The lowest BCUT2D eigenvalue weighted by atomic mass is 9.70. The van der Waals surface area contributed by atoms with Crippen LogP contribution in [-0.4, -0.2) is 13.1 Å². The fraction of sp³-hybridized carbons (Fsp3) is 1.00. The Balaban J connectivity index is 2.42. The van der Waals surface area contributed by atoms with Gasteiger partial charge in [0.25, 0.3) is 0 Å². The highest BCUT2D eigenvalue weighted by molar-refractivity contribution is 4.82. The van der Waals surface area contributed by atoms with Crippen molar-refractivity contribution in [1.29, 1.82) is 0 Å². The minimum absolute atomic E-state index is 0.778. The molecule has 1 nitrogen and oxygen atoms in total. The summed E-state index contributed by atoms with van der Waals surface area (Å²) in [6.07, 6.45) is 10.2. The average Bonchev–Trinajstić information content (AvgIpc) is 2.38. The van der Waals surface area contributed by atoms with E-state index in [0.29, 0.717) is 0 Å². The zero-order valence-electron chi connectivity index (χ0n) is 14.8. The summed E-state index contributed by atoms with van der Waals surface area (Å²) in [7, 11) is 0. The fourth-order valence-electron chi connectivity index (χ4n) is 3.82. The van der Waals surface area contributed by atoms with E-state index in [4.69, 9.17) is 0 Å². The van der Waals surface area contributed by atoms with Crippen molar-refractivity contribution in [1.82, 2.24) is 5.32 Å². The van der Waals surface area contributed by atoms with E-state index in [1.54, 1.807) is 0 Å². The van der Waals surface area contributed by atoms with Gasteiger partial charge in [0.15, 0.2) is 0 Å². The van der Waals surface area contributed by atoms with E-state index >= 15 is 0 Å². The van der Waals surface area contributed by atoms with Crippen LogP contribution in [0.25, 0.3) is 0 Å². The number of rotatable bonds is 9. The van der Waals surface area contributed by atoms with Crippen molar-refractivity contribution in [2.24, 2.45) is 29.6 Å². The molecule has 1 rings (SSSR count). The van der Waals surface area contributed by atoms with Crippen molar-refractivity contribution in [3.05, 3.63) is 0 Å². The Bertz CT molecular complexity index is 234. The molecule has 3 unspecified atom stereocenters. The molecule has 0 saturated heterocycles. The van der Waals surface area contributed by atoms with Crippen molar-refractivity contribution in [3.63, 3.8) is 0 Å². The molecule has 1 aliphatic carbocycles. The summed E-state index contributed by atoms with van der Waals surface area (Å²) in [4.78, 5) is 0. The lowest BCUT2D eigenvalue weighted by Gasteiger charge is -2.37. The molecule has 120 valence electrons. The van der Waals surface area contributed by atoms with Crippen molar-refractivity contribution in [2.75, 3.05) is 13.1 Å². The van der Waals surface area contributed by atoms with E-state index in [2.05, 4.69) is 39.9 Å². The third kappa shape index (κ3) is 7.11. The number of hydrogen-bond donors (Lipinski definition) is 1. The Labute approximate surface area is 128 Å². The standard InChI is InChI=1S/C19H39N/c1-6-7-17-9-11-19(14-20-13-16(4)5)18(12-17)10-8-15(2)3/h15-20H,6-14H2,1-5H3. The molecule has 20 heavy (non-hydrogen) atoms. The van der Waals surface area contributed by atoms with E-state index < -0.39 is 0 Å². The number of hydrogen-bond acceptors (Lipinski definition) is 1. The van der Waals surface area contributed by atoms with Gasteiger partial charge in [0, 0.05) is 0 Å². The first kappa shape index (κ1) is 18.0. The molecular weight excluding hydrogens is 242 g/mol. The Morgan fingerprint density at radius 2 is 1.70 bits per heavy atom. The predicted molar refractivity (Wildman–Crippen MR) is 91.0 cm³/mol. The zero-order valence-corrected chi connectivity index (χ0v) is 14.8. The summed E-state index contributed by atoms with van der Waals surface area (Å²) < 4.78 is 0. The van der Waals surface area contributed by atoms with Crippen LogP contribution in [0.15, 0.2) is 0 Å². The maximum Gasteiger partial charge on any atom is -0.00178 e. The molecule has 1 fully saturated rings. The molecule has 0 aromatic carbocycles. The highest BCUT2D eigenvalue weighted by Crippen LogP contribution is 2.38. The molecule has 0 amide bonds. The van der Waals surface area contributed by atoms with Crippen molar-refractivity contribution < 1.29 is 0 Å². The topological polar surface area (TPSA) is 12.0 Å². The summed E-state index contributed by atoms with van der Waals surface area (Å²) in [6, 6.07) is 0. The van der Waals surface area contributed by atoms with Gasteiger partial charge in [-0.1, -0.05) is 60.3 Å². The van der Waals surface area contributed by atoms with E-state index in [1.807, 2.05) is 0 Å². The van der Waals surface area contributed by atoms with Crippen molar-refractivity contribution in [2.45, 2.75) is 79.6 Å². The Hall–Kier alpha value is -0.0400. The third-order valence-electron chi connectivity index (χ3n) is 5.02. The van der Waals surface area contributed by atoms with Crippen LogP contribution in [0.1, 0.15) is 79.6 Å². The van der Waals surface area contributed by atoms with Crippen LogP contribution in [-0.2, 0) is 0 Å². The highest BCUT2D eigenvalue weighted by Gasteiger charge is 2.29. The predicted octanol–water partition coefficient (Wildman–Crippen LogP) is 5.50. The van der Waals surface area contributed by atoms with Crippen LogP contribution in [0.2, 0.25) is 0 Å². The van der Waals surface area contributed by atoms with Crippen LogP contribution < -0.4 is 5.32 Å². The molecule has 0 heterocycles. The average molecular weight is 282 g/mol. The minimum atomic E-state index is 0.778. The monoisotopic (exact) mass is 281 g/mol. The molecular formula is C19H39N. The molecule has 0 bridgehead atoms. The van der Waals surface area contributed by atoms with Gasteiger partial charge in [0.05, 0.1) is 0 Å². The minimum Gasteiger partial charge on any atom is -0.316 e. The largest absolute Gasteiger partial charge is 0.316 e. The van der Waals surface area contributed by atoms with Gasteiger partial charge in [-0.15, -0.1) is 0 Å². The van der Waals surface area contributed by atoms with Crippen LogP contribution >= 0.6 is 0 Å². The Morgan fingerprint density at radius 1 is 0.950 bits per heavy atom. The summed E-state index contributed by atoms with van der Waals surface area (Å²) in [6.45, 7) is 14.2. The molecule has 3 atom stereocenters. The van der Waals surface area contributed by atoms with E-state index in [0.717, 1.165) is 29.6 Å². The molecule has 0 radical (unpaired) electrons. The zero-order chi connectivity index (χ0) is 15.0. The maximum absolute atomic E-state index is 3.72. The van der Waals surface area contributed by atoms with E-state index in [9.17, 15) is 0 Å². The second-order valence-electron chi connectivity index (χ2n) is 8.01. The van der Waals surface area contributed by atoms with Gasteiger partial charge in [-0.25, -0.2) is 0 Å². The van der Waals surface area contributed by atoms with Crippen molar-refractivity contribution in [3.8, 4) is 0 Å². The molecule has 1 N–H and O–H groups in total. The molecule has 0 aromatic rings. The SMILES string of the molecule is CCCC1CCC(CNCC(C)C)C(CCC(C)C)C1. The highest BCUT2D eigenvalue weighted by atomic mass is 14.9. The molecule has 1 heteroatoms. The molecule has 1 aliphatic rings. The lowest BCUT2D eigenvalue weighted by molar-refractivity contribution is 0.152. The van der Waals surface area contributed by atoms with Gasteiger partial charge >= 0.3 is 0 Å². The first-order chi connectivity index (χ1) is 9.52. The van der Waals surface area contributed by atoms with Gasteiger partial charge < -0.3 is 5.32 Å². The quantitative estimate of drug-likeness (QED) is 0.588. The van der Waals surface area contributed by atoms with Crippen molar-refractivity contribution >= 4 is 0 Å². The summed E-state index contributed by atoms with van der Waals surface area (Å²) in [5.41, 5.74) is 0. The van der Waals surface area contributed by atoms with E-state index in [1.165, 1.54) is 58.0 Å². The van der Waals surface area contributed by atoms with Crippen LogP contribution in [0.5, 0.6) is 0 Å². The first-order valence-electron chi connectivity index (χ1n) is 9.23.